The van der Waals surface area contributed by atoms with Crippen LogP contribution in [0.5, 0.6) is 17.2 Å². The first-order valence-corrected chi connectivity index (χ1v) is 14.0. The Hall–Kier alpha value is -5.12. The third-order valence-corrected chi connectivity index (χ3v) is 7.17. The second kappa shape index (κ2) is 12.0. The molecule has 0 aliphatic carbocycles. The molecule has 10 nitrogen and oxygen atoms in total. The van der Waals surface area contributed by atoms with Crippen molar-refractivity contribution < 1.29 is 24.2 Å². The van der Waals surface area contributed by atoms with Crippen LogP contribution in [0.1, 0.15) is 26.3 Å². The summed E-state index contributed by atoms with van der Waals surface area (Å²) in [4.78, 5) is 40.6. The lowest BCUT2D eigenvalue weighted by molar-refractivity contribution is -0.143. The lowest BCUT2D eigenvalue weighted by Gasteiger charge is -2.34. The quantitative estimate of drug-likeness (QED) is 0.226. The van der Waals surface area contributed by atoms with Gasteiger partial charge >= 0.3 is 17.6 Å². The van der Waals surface area contributed by atoms with Gasteiger partial charge in [-0.2, -0.15) is 9.78 Å². The Kier molecular flexibility index (Phi) is 8.20. The van der Waals surface area contributed by atoms with E-state index < -0.39 is 17.1 Å². The van der Waals surface area contributed by atoms with E-state index in [4.69, 9.17) is 9.47 Å². The van der Waals surface area contributed by atoms with Gasteiger partial charge in [0, 0.05) is 26.2 Å². The monoisotopic (exact) mass is 582 g/mol. The van der Waals surface area contributed by atoms with Gasteiger partial charge in [-0.1, -0.05) is 42.0 Å². The Bertz CT molecular complexity index is 1670. The van der Waals surface area contributed by atoms with Crippen LogP contribution in [0.2, 0.25) is 0 Å². The molecule has 0 atom stereocenters. The van der Waals surface area contributed by atoms with Crippen LogP contribution in [0.25, 0.3) is 16.8 Å². The van der Waals surface area contributed by atoms with Gasteiger partial charge in [0.1, 0.15) is 17.2 Å². The zero-order valence-electron chi connectivity index (χ0n) is 24.6. The molecule has 5 rings (SSSR count). The highest BCUT2D eigenvalue weighted by Gasteiger charge is 2.26. The molecule has 0 radical (unpaired) electrons. The summed E-state index contributed by atoms with van der Waals surface area (Å²) in [6.45, 7) is 8.79. The van der Waals surface area contributed by atoms with Crippen molar-refractivity contribution in [2.75, 3.05) is 31.1 Å². The summed E-state index contributed by atoms with van der Waals surface area (Å²) in [5.41, 5.74) is 2.98. The molecule has 1 aliphatic rings. The van der Waals surface area contributed by atoms with Crippen molar-refractivity contribution in [3.63, 3.8) is 0 Å². The Morgan fingerprint density at radius 1 is 0.814 bits per heavy atom. The molecule has 0 saturated carbocycles. The Labute approximate surface area is 249 Å². The number of aromatic nitrogens is 2. The Balaban J connectivity index is 1.41. The number of ether oxygens (including phenoxy) is 2. The van der Waals surface area contributed by atoms with Crippen LogP contribution in [-0.2, 0) is 4.79 Å². The Morgan fingerprint density at radius 3 is 1.91 bits per heavy atom. The van der Waals surface area contributed by atoms with E-state index in [0.29, 0.717) is 49.1 Å². The van der Waals surface area contributed by atoms with E-state index in [1.807, 2.05) is 60.4 Å². The number of amides is 1. The topological polar surface area (TPSA) is 114 Å². The summed E-state index contributed by atoms with van der Waals surface area (Å²) in [5.74, 6) is 0.742. The van der Waals surface area contributed by atoms with Crippen molar-refractivity contribution in [1.29, 1.82) is 0 Å². The fraction of sp³-hybridized carbons (Fsp3) is 0.273. The van der Waals surface area contributed by atoms with Crippen LogP contribution in [0.15, 0.2) is 83.8 Å². The van der Waals surface area contributed by atoms with E-state index in [0.717, 1.165) is 16.7 Å². The number of carbonyl (C=O) groups excluding carboxylic acids is 1. The van der Waals surface area contributed by atoms with Crippen molar-refractivity contribution in [2.24, 2.45) is 5.41 Å². The van der Waals surface area contributed by atoms with E-state index in [9.17, 15) is 19.5 Å². The first kappa shape index (κ1) is 29.4. The molecule has 4 aromatic rings. The molecule has 1 aromatic heterocycles. The first-order valence-electron chi connectivity index (χ1n) is 14.0. The maximum Gasteiger partial charge on any atom is 0.407 e. The molecule has 1 saturated heterocycles. The summed E-state index contributed by atoms with van der Waals surface area (Å²) < 4.78 is 13.0. The van der Waals surface area contributed by atoms with Gasteiger partial charge in [0.2, 0.25) is 5.75 Å². The van der Waals surface area contributed by atoms with Crippen LogP contribution in [0, 0.1) is 12.3 Å². The summed E-state index contributed by atoms with van der Waals surface area (Å²) in [7, 11) is 0. The number of benzene rings is 3. The minimum atomic E-state index is -0.968. The van der Waals surface area contributed by atoms with Gasteiger partial charge in [0.15, 0.2) is 0 Å². The van der Waals surface area contributed by atoms with Crippen molar-refractivity contribution >= 4 is 17.7 Å². The van der Waals surface area contributed by atoms with Crippen LogP contribution < -0.4 is 19.9 Å². The van der Waals surface area contributed by atoms with Gasteiger partial charge in [-0.05, 0) is 75.2 Å². The molecule has 222 valence electrons. The van der Waals surface area contributed by atoms with E-state index in [2.05, 4.69) is 5.10 Å². The fourth-order valence-electron chi connectivity index (χ4n) is 4.57. The Morgan fingerprint density at radius 2 is 1.37 bits per heavy atom. The molecule has 10 heteroatoms. The van der Waals surface area contributed by atoms with Gasteiger partial charge in [-0.25, -0.2) is 4.79 Å². The highest BCUT2D eigenvalue weighted by molar-refractivity contribution is 5.78. The number of hydrogen-bond donors (Lipinski definition) is 1. The number of esters is 1. The van der Waals surface area contributed by atoms with E-state index in [1.54, 1.807) is 51.2 Å². The lowest BCUT2D eigenvalue weighted by atomic mass is 9.97. The second-order valence-electron chi connectivity index (χ2n) is 11.5. The van der Waals surface area contributed by atoms with E-state index in [-0.39, 0.29) is 11.7 Å². The van der Waals surface area contributed by atoms with Crippen molar-refractivity contribution in [3.05, 3.63) is 94.9 Å². The summed E-state index contributed by atoms with van der Waals surface area (Å²) in [6, 6.07) is 22.0. The number of rotatable bonds is 6. The maximum absolute atomic E-state index is 13.8. The molecule has 43 heavy (non-hydrogen) atoms. The summed E-state index contributed by atoms with van der Waals surface area (Å²) >= 11 is 0. The SMILES string of the molecule is Cc1ccc(-n2ncc(N3CCN(C(=O)O)CC3)c(Oc3ccc(-c4ccc(OC(=O)C(C)(C)C)cc4)cc3)c2=O)cc1. The number of hydrogen-bond acceptors (Lipinski definition) is 7. The summed E-state index contributed by atoms with van der Waals surface area (Å²) in [6.07, 6.45) is 0.625. The third-order valence-electron chi connectivity index (χ3n) is 7.17. The number of carbonyl (C=O) groups is 2. The van der Waals surface area contributed by atoms with Crippen molar-refractivity contribution in [2.45, 2.75) is 27.7 Å². The van der Waals surface area contributed by atoms with Crippen LogP contribution in [-0.4, -0.2) is 58.0 Å². The van der Waals surface area contributed by atoms with E-state index in [1.165, 1.54) is 9.58 Å². The van der Waals surface area contributed by atoms with Gasteiger partial charge in [-0.15, -0.1) is 0 Å². The highest BCUT2D eigenvalue weighted by Crippen LogP contribution is 2.32. The molecule has 1 amide bonds. The normalized spacial score (nSPS) is 13.5. The smallest absolute Gasteiger partial charge is 0.407 e. The van der Waals surface area contributed by atoms with Gasteiger partial charge in [0.05, 0.1) is 17.3 Å². The lowest BCUT2D eigenvalue weighted by Crippen LogP contribution is -2.48. The average Bonchev–Trinajstić information content (AvgIpc) is 2.99. The molecule has 3 aromatic carbocycles. The standard InChI is InChI=1S/C33H34N4O6/c1-22-5-11-25(12-6-22)37-30(38)29(28(21-34-37)35-17-19-36(20-18-35)32(40)41)42-26-13-7-23(8-14-26)24-9-15-27(16-10-24)43-31(39)33(2,3)4/h5-16,21H,17-20H2,1-4H3,(H,40,41). The van der Waals surface area contributed by atoms with Gasteiger partial charge in [0.25, 0.3) is 0 Å². The van der Waals surface area contributed by atoms with Crippen molar-refractivity contribution in [1.82, 2.24) is 14.7 Å². The molecule has 1 aliphatic heterocycles. The minimum Gasteiger partial charge on any atom is -0.465 e. The van der Waals surface area contributed by atoms with E-state index >= 15 is 0 Å². The number of carboxylic acid groups (broad SMARTS) is 1. The predicted molar refractivity (Wildman–Crippen MR) is 163 cm³/mol. The zero-order valence-corrected chi connectivity index (χ0v) is 24.6. The third kappa shape index (κ3) is 6.69. The number of aryl methyl sites for hydroxylation is 1. The maximum atomic E-state index is 13.8. The van der Waals surface area contributed by atoms with Crippen LogP contribution >= 0.6 is 0 Å². The van der Waals surface area contributed by atoms with Crippen molar-refractivity contribution in [3.8, 4) is 34.1 Å². The van der Waals surface area contributed by atoms with Gasteiger partial charge < -0.3 is 24.4 Å². The molecule has 1 fully saturated rings. The average molecular weight is 583 g/mol. The minimum absolute atomic E-state index is 0.108. The number of anilines is 1. The largest absolute Gasteiger partial charge is 0.465 e. The molecular weight excluding hydrogens is 548 g/mol. The predicted octanol–water partition coefficient (Wildman–Crippen LogP) is 5.75. The molecule has 0 spiro atoms. The molecule has 0 unspecified atom stereocenters. The molecule has 0 bridgehead atoms. The molecule has 1 N–H and O–H groups in total. The summed E-state index contributed by atoms with van der Waals surface area (Å²) in [5, 5.41) is 13.8. The zero-order chi connectivity index (χ0) is 30.7. The number of nitrogens with zero attached hydrogens (tertiary/aromatic N) is 4. The highest BCUT2D eigenvalue weighted by atomic mass is 16.5. The fourth-order valence-corrected chi connectivity index (χ4v) is 4.57. The van der Waals surface area contributed by atoms with Gasteiger partial charge in [-0.3, -0.25) is 9.59 Å². The second-order valence-corrected chi connectivity index (χ2v) is 11.5. The number of piperazine rings is 1. The first-order chi connectivity index (χ1) is 20.5. The van der Waals surface area contributed by atoms with Crippen LogP contribution in [0.3, 0.4) is 0 Å². The van der Waals surface area contributed by atoms with Crippen LogP contribution in [0.4, 0.5) is 10.5 Å². The molecule has 2 heterocycles. The molecular formula is C33H34N4O6.